The Morgan fingerprint density at radius 3 is 2.38 bits per heavy atom. The van der Waals surface area contributed by atoms with Crippen LogP contribution in [0.25, 0.3) is 0 Å². The lowest BCUT2D eigenvalue weighted by atomic mass is 9.74. The van der Waals surface area contributed by atoms with Gasteiger partial charge in [0.05, 0.1) is 23.2 Å². The summed E-state index contributed by atoms with van der Waals surface area (Å²) < 4.78 is 4.11. The third-order valence-electron chi connectivity index (χ3n) is 8.69. The molecule has 1 unspecified atom stereocenters. The minimum Gasteiger partial charge on any atom is -0.494 e. The van der Waals surface area contributed by atoms with Gasteiger partial charge < -0.3 is 24.5 Å². The van der Waals surface area contributed by atoms with E-state index in [-0.39, 0.29) is 24.3 Å². The highest BCUT2D eigenvalue weighted by atomic mass is 32.2. The first-order valence-corrected chi connectivity index (χ1v) is 15.4. The Hall–Kier alpha value is -2.78. The van der Waals surface area contributed by atoms with E-state index in [1.807, 2.05) is 55.2 Å². The van der Waals surface area contributed by atoms with Crippen LogP contribution in [0.1, 0.15) is 46.5 Å². The highest BCUT2D eigenvalue weighted by Crippen LogP contribution is 2.65. The first kappa shape index (κ1) is 28.7. The van der Waals surface area contributed by atoms with Crippen LogP contribution in [0.2, 0.25) is 0 Å². The van der Waals surface area contributed by atoms with Crippen LogP contribution in [0.3, 0.4) is 0 Å². The maximum Gasteiger partial charge on any atom is 0.247 e. The Kier molecular flexibility index (Phi) is 8.34. The van der Waals surface area contributed by atoms with Crippen molar-refractivity contribution in [1.29, 1.82) is 0 Å². The number of unbranched alkanes of at least 4 members (excludes halogenated alkanes) is 2. The predicted octanol–water partition coefficient (Wildman–Crippen LogP) is 3.65. The molecule has 4 heterocycles. The molecule has 5 atom stereocenters. The van der Waals surface area contributed by atoms with E-state index in [0.717, 1.165) is 24.3 Å². The summed E-state index contributed by atoms with van der Waals surface area (Å²) in [5.41, 5.74) is 0.758. The number of fused-ring (bicyclic) bond motifs is 2. The quantitative estimate of drug-likeness (QED) is 0.343. The summed E-state index contributed by atoms with van der Waals surface area (Å²) in [4.78, 5) is 48.4. The number of rotatable bonds is 10. The van der Waals surface area contributed by atoms with Crippen molar-refractivity contribution in [3.63, 3.8) is 0 Å². The van der Waals surface area contributed by atoms with Gasteiger partial charge in [-0.15, -0.1) is 11.8 Å². The second kappa shape index (κ2) is 11.6. The SMILES string of the molecule is CCCCN1CC=C[C@]23S[C@]4(C)C=CCN(c5ccc(OCC)cc5)C(=O)[C@@H]4[C@H]2C(=O)N(CCCCO)C3C1=O. The van der Waals surface area contributed by atoms with Crippen LogP contribution in [0.4, 0.5) is 5.69 Å². The lowest BCUT2D eigenvalue weighted by Crippen LogP contribution is -2.53. The van der Waals surface area contributed by atoms with Gasteiger partial charge in [-0.1, -0.05) is 37.6 Å². The fourth-order valence-corrected chi connectivity index (χ4v) is 9.03. The van der Waals surface area contributed by atoms with E-state index in [2.05, 4.69) is 19.1 Å². The van der Waals surface area contributed by atoms with Crippen molar-refractivity contribution in [3.05, 3.63) is 48.6 Å². The number of amides is 3. The van der Waals surface area contributed by atoms with Gasteiger partial charge >= 0.3 is 0 Å². The van der Waals surface area contributed by atoms with Crippen LogP contribution in [-0.2, 0) is 14.4 Å². The molecule has 4 aliphatic heterocycles. The third-order valence-corrected chi connectivity index (χ3v) is 10.5. The molecular weight excluding hydrogens is 526 g/mol. The number of ether oxygens (including phenoxy) is 1. The Balaban J connectivity index is 1.55. The summed E-state index contributed by atoms with van der Waals surface area (Å²) in [5, 5.41) is 9.41. The van der Waals surface area contributed by atoms with Crippen LogP contribution in [-0.4, -0.2) is 87.6 Å². The molecule has 4 aliphatic rings. The zero-order valence-electron chi connectivity index (χ0n) is 23.8. The van der Waals surface area contributed by atoms with Gasteiger partial charge in [0.15, 0.2) is 0 Å². The van der Waals surface area contributed by atoms with Gasteiger partial charge in [-0.05, 0) is 57.4 Å². The van der Waals surface area contributed by atoms with E-state index in [9.17, 15) is 19.5 Å². The molecule has 0 radical (unpaired) electrons. The van der Waals surface area contributed by atoms with Crippen molar-refractivity contribution in [2.75, 3.05) is 44.3 Å². The van der Waals surface area contributed by atoms with Crippen LogP contribution in [0.15, 0.2) is 48.6 Å². The minimum atomic E-state index is -0.838. The van der Waals surface area contributed by atoms with Crippen molar-refractivity contribution in [2.45, 2.75) is 62.0 Å². The van der Waals surface area contributed by atoms with Gasteiger partial charge in [-0.2, -0.15) is 0 Å². The molecule has 0 aromatic heterocycles. The Morgan fingerprint density at radius 1 is 0.925 bits per heavy atom. The van der Waals surface area contributed by atoms with Gasteiger partial charge in [0.1, 0.15) is 11.8 Å². The number of hydrogen-bond donors (Lipinski definition) is 1. The smallest absolute Gasteiger partial charge is 0.247 e. The number of anilines is 1. The van der Waals surface area contributed by atoms with Crippen LogP contribution in [0, 0.1) is 11.8 Å². The Morgan fingerprint density at radius 2 is 1.68 bits per heavy atom. The molecule has 2 saturated heterocycles. The molecule has 1 aromatic rings. The van der Waals surface area contributed by atoms with Crippen molar-refractivity contribution in [3.8, 4) is 5.75 Å². The van der Waals surface area contributed by atoms with Crippen LogP contribution < -0.4 is 9.64 Å². The molecule has 2 fully saturated rings. The first-order valence-electron chi connectivity index (χ1n) is 14.6. The number of benzene rings is 1. The van der Waals surface area contributed by atoms with Gasteiger partial charge in [-0.25, -0.2) is 0 Å². The molecule has 1 aromatic carbocycles. The van der Waals surface area contributed by atoms with Crippen molar-refractivity contribution < 1.29 is 24.2 Å². The molecule has 1 N–H and O–H groups in total. The average Bonchev–Trinajstić information content (AvgIpc) is 3.20. The maximum absolute atomic E-state index is 14.5. The summed E-state index contributed by atoms with van der Waals surface area (Å²) in [6, 6.07) is 6.83. The first-order chi connectivity index (χ1) is 19.3. The van der Waals surface area contributed by atoms with Crippen molar-refractivity contribution in [2.24, 2.45) is 11.8 Å². The topological polar surface area (TPSA) is 90.4 Å². The zero-order valence-corrected chi connectivity index (χ0v) is 24.6. The van der Waals surface area contributed by atoms with Gasteiger partial charge in [0, 0.05) is 43.2 Å². The Labute approximate surface area is 241 Å². The molecule has 8 nitrogen and oxygen atoms in total. The van der Waals surface area contributed by atoms with Crippen LogP contribution in [0.5, 0.6) is 5.75 Å². The maximum atomic E-state index is 14.5. The number of thioether (sulfide) groups is 1. The van der Waals surface area contributed by atoms with E-state index in [0.29, 0.717) is 45.6 Å². The van der Waals surface area contributed by atoms with Gasteiger partial charge in [0.2, 0.25) is 17.7 Å². The van der Waals surface area contributed by atoms with Crippen LogP contribution >= 0.6 is 11.8 Å². The van der Waals surface area contributed by atoms with E-state index < -0.39 is 27.4 Å². The summed E-state index contributed by atoms with van der Waals surface area (Å²) in [5.74, 6) is -0.802. The number of likely N-dealkylation sites (tertiary alicyclic amines) is 1. The van der Waals surface area contributed by atoms with E-state index in [1.165, 1.54) is 0 Å². The monoisotopic (exact) mass is 567 g/mol. The minimum absolute atomic E-state index is 0.0352. The van der Waals surface area contributed by atoms with Gasteiger partial charge in [0.25, 0.3) is 0 Å². The third kappa shape index (κ3) is 4.75. The summed E-state index contributed by atoms with van der Waals surface area (Å²) in [6.45, 7) is 8.63. The zero-order chi connectivity index (χ0) is 28.5. The summed E-state index contributed by atoms with van der Waals surface area (Å²) in [6.07, 6.45) is 11.2. The second-order valence-electron chi connectivity index (χ2n) is 11.3. The number of carbonyl (C=O) groups excluding carboxylic acids is 3. The number of hydrogen-bond acceptors (Lipinski definition) is 6. The fraction of sp³-hybridized carbons (Fsp3) is 0.581. The number of nitrogens with zero attached hydrogens (tertiary/aromatic N) is 3. The number of carbonyl (C=O) groups is 3. The molecule has 216 valence electrons. The average molecular weight is 568 g/mol. The van der Waals surface area contributed by atoms with Crippen molar-refractivity contribution in [1.82, 2.24) is 9.80 Å². The number of aliphatic hydroxyl groups excluding tert-OH is 1. The van der Waals surface area contributed by atoms with Gasteiger partial charge in [-0.3, -0.25) is 14.4 Å². The molecule has 9 heteroatoms. The molecule has 1 spiro atoms. The highest BCUT2D eigenvalue weighted by molar-refractivity contribution is 8.02. The normalized spacial score (nSPS) is 31.2. The van der Waals surface area contributed by atoms with Crippen molar-refractivity contribution >= 4 is 35.2 Å². The summed E-state index contributed by atoms with van der Waals surface area (Å²) >= 11 is 1.61. The summed E-state index contributed by atoms with van der Waals surface area (Å²) in [7, 11) is 0. The fourth-order valence-electron chi connectivity index (χ4n) is 6.87. The van der Waals surface area contributed by atoms with E-state index in [4.69, 9.17) is 4.74 Å². The Bertz CT molecular complexity index is 1190. The molecule has 5 rings (SSSR count). The molecule has 0 aliphatic carbocycles. The molecule has 0 bridgehead atoms. The predicted molar refractivity (Wildman–Crippen MR) is 157 cm³/mol. The lowest BCUT2D eigenvalue weighted by molar-refractivity contribution is -0.142. The largest absolute Gasteiger partial charge is 0.494 e. The number of aliphatic hydroxyl groups is 1. The molecular formula is C31H41N3O5S. The second-order valence-corrected chi connectivity index (χ2v) is 13.1. The molecule has 3 amide bonds. The highest BCUT2D eigenvalue weighted by Gasteiger charge is 2.73. The lowest BCUT2D eigenvalue weighted by Gasteiger charge is -2.37. The van der Waals surface area contributed by atoms with E-state index >= 15 is 0 Å². The molecule has 40 heavy (non-hydrogen) atoms. The van der Waals surface area contributed by atoms with E-state index in [1.54, 1.807) is 21.6 Å². The molecule has 0 saturated carbocycles. The standard InChI is InChI=1S/C31H41N3O5S/c1-4-6-17-32-18-10-16-31-25(28(37)34(19-7-8-21-35)26(31)29(32)38)24-27(36)33(20-9-15-30(24,3)40-31)22-11-13-23(14-12-22)39-5-2/h9-16,24-26,35H,4-8,17-21H2,1-3H3/t24-,25-,26?,30+,31-/m0/s1.